The molecule has 4 nitrogen and oxygen atoms in total. The van der Waals surface area contributed by atoms with Gasteiger partial charge in [0.1, 0.15) is 5.82 Å². The number of benzene rings is 1. The molecule has 22 heavy (non-hydrogen) atoms. The highest BCUT2D eigenvalue weighted by molar-refractivity contribution is 5.96. The zero-order valence-electron chi connectivity index (χ0n) is 12.1. The smallest absolute Gasteiger partial charge is 0.220 e. The molecule has 5 heteroatoms. The Bertz CT molecular complexity index is 627. The second-order valence-corrected chi connectivity index (χ2v) is 4.88. The quantitative estimate of drug-likeness (QED) is 0.800. The number of ketones is 1. The van der Waals surface area contributed by atoms with E-state index in [0.717, 1.165) is 5.69 Å². The Hall–Kier alpha value is -2.56. The number of aromatic nitrogens is 1. The van der Waals surface area contributed by atoms with Gasteiger partial charge in [-0.05, 0) is 42.8 Å². The maximum atomic E-state index is 12.8. The molecule has 1 aromatic heterocycles. The lowest BCUT2D eigenvalue weighted by Gasteiger charge is -2.04. The van der Waals surface area contributed by atoms with E-state index in [9.17, 15) is 14.0 Å². The molecule has 0 aliphatic rings. The van der Waals surface area contributed by atoms with Gasteiger partial charge in [0, 0.05) is 24.6 Å². The van der Waals surface area contributed by atoms with E-state index in [1.54, 1.807) is 6.20 Å². The third-order valence-corrected chi connectivity index (χ3v) is 3.17. The number of amides is 1. The van der Waals surface area contributed by atoms with Crippen LogP contribution < -0.4 is 5.32 Å². The highest BCUT2D eigenvalue weighted by Crippen LogP contribution is 2.08. The van der Waals surface area contributed by atoms with Crippen molar-refractivity contribution < 1.29 is 14.0 Å². The van der Waals surface area contributed by atoms with Crippen LogP contribution in [0.1, 0.15) is 35.3 Å². The van der Waals surface area contributed by atoms with Crippen LogP contribution in [0.15, 0.2) is 48.7 Å². The van der Waals surface area contributed by atoms with E-state index in [1.165, 1.54) is 24.3 Å². The van der Waals surface area contributed by atoms with Crippen LogP contribution >= 0.6 is 0 Å². The number of hydrogen-bond donors (Lipinski definition) is 1. The third-order valence-electron chi connectivity index (χ3n) is 3.17. The van der Waals surface area contributed by atoms with E-state index in [4.69, 9.17) is 0 Å². The van der Waals surface area contributed by atoms with Gasteiger partial charge in [0.05, 0.1) is 12.2 Å². The molecule has 0 spiro atoms. The van der Waals surface area contributed by atoms with Gasteiger partial charge in [-0.1, -0.05) is 6.07 Å². The molecular formula is C17H17FN2O2. The van der Waals surface area contributed by atoms with E-state index < -0.39 is 0 Å². The molecule has 114 valence electrons. The van der Waals surface area contributed by atoms with Crippen molar-refractivity contribution in [2.24, 2.45) is 0 Å². The SMILES string of the molecule is O=C(CCCC(=O)c1ccc(F)cc1)NCc1ccccn1. The van der Waals surface area contributed by atoms with Gasteiger partial charge >= 0.3 is 0 Å². The Morgan fingerprint density at radius 2 is 1.82 bits per heavy atom. The number of hydrogen-bond acceptors (Lipinski definition) is 3. The van der Waals surface area contributed by atoms with Crippen molar-refractivity contribution in [3.05, 3.63) is 65.7 Å². The van der Waals surface area contributed by atoms with Crippen molar-refractivity contribution in [3.63, 3.8) is 0 Å². The van der Waals surface area contributed by atoms with E-state index in [2.05, 4.69) is 10.3 Å². The number of rotatable bonds is 7. The minimum Gasteiger partial charge on any atom is -0.350 e. The maximum absolute atomic E-state index is 12.8. The van der Waals surface area contributed by atoms with Crippen LogP contribution in [0.25, 0.3) is 0 Å². The first-order valence-electron chi connectivity index (χ1n) is 7.10. The molecule has 0 unspecified atom stereocenters. The highest BCUT2D eigenvalue weighted by atomic mass is 19.1. The second kappa shape index (κ2) is 8.02. The molecule has 0 aliphatic carbocycles. The predicted octanol–water partition coefficient (Wildman–Crippen LogP) is 2.89. The number of nitrogens with one attached hydrogen (secondary N) is 1. The average Bonchev–Trinajstić information content (AvgIpc) is 2.54. The summed E-state index contributed by atoms with van der Waals surface area (Å²) in [4.78, 5) is 27.6. The zero-order valence-corrected chi connectivity index (χ0v) is 12.1. The van der Waals surface area contributed by atoms with Crippen molar-refractivity contribution in [1.82, 2.24) is 10.3 Å². The summed E-state index contributed by atoms with van der Waals surface area (Å²) in [7, 11) is 0. The molecule has 1 aromatic carbocycles. The van der Waals surface area contributed by atoms with Gasteiger partial charge in [-0.25, -0.2) is 4.39 Å². The topological polar surface area (TPSA) is 59.1 Å². The summed E-state index contributed by atoms with van der Waals surface area (Å²) < 4.78 is 12.8. The molecule has 0 fully saturated rings. The molecule has 0 radical (unpaired) electrons. The van der Waals surface area contributed by atoms with Gasteiger partial charge in [0.2, 0.25) is 5.91 Å². The van der Waals surface area contributed by atoms with Crippen LogP contribution in [-0.4, -0.2) is 16.7 Å². The molecule has 1 N–H and O–H groups in total. The Morgan fingerprint density at radius 3 is 2.50 bits per heavy atom. The third kappa shape index (κ3) is 5.09. The van der Waals surface area contributed by atoms with Crippen molar-refractivity contribution in [1.29, 1.82) is 0 Å². The Labute approximate surface area is 128 Å². The summed E-state index contributed by atoms with van der Waals surface area (Å²) in [6.07, 6.45) is 2.68. The van der Waals surface area contributed by atoms with E-state index in [1.807, 2.05) is 18.2 Å². The monoisotopic (exact) mass is 300 g/mol. The lowest BCUT2D eigenvalue weighted by molar-refractivity contribution is -0.121. The van der Waals surface area contributed by atoms with Crippen molar-refractivity contribution in [3.8, 4) is 0 Å². The molecule has 2 aromatic rings. The summed E-state index contributed by atoms with van der Waals surface area (Å²) in [5, 5.41) is 2.76. The predicted molar refractivity (Wildman–Crippen MR) is 80.7 cm³/mol. The molecule has 0 aliphatic heterocycles. The Morgan fingerprint density at radius 1 is 1.05 bits per heavy atom. The van der Waals surface area contributed by atoms with Crippen LogP contribution in [0, 0.1) is 5.82 Å². The van der Waals surface area contributed by atoms with Gasteiger partial charge in [-0.2, -0.15) is 0 Å². The number of carbonyl (C=O) groups is 2. The van der Waals surface area contributed by atoms with Gasteiger partial charge in [-0.3, -0.25) is 14.6 Å². The fraction of sp³-hybridized carbons (Fsp3) is 0.235. The maximum Gasteiger partial charge on any atom is 0.220 e. The molecule has 0 saturated carbocycles. The number of pyridine rings is 1. The Balaban J connectivity index is 1.68. The van der Waals surface area contributed by atoms with Crippen LogP contribution in [0.3, 0.4) is 0 Å². The van der Waals surface area contributed by atoms with E-state index in [0.29, 0.717) is 18.5 Å². The molecule has 1 amide bonds. The van der Waals surface area contributed by atoms with Gasteiger partial charge in [-0.15, -0.1) is 0 Å². The summed E-state index contributed by atoms with van der Waals surface area (Å²) in [5.74, 6) is -0.569. The molecule has 0 saturated heterocycles. The lowest BCUT2D eigenvalue weighted by Crippen LogP contribution is -2.23. The first kappa shape index (κ1) is 15.8. The van der Waals surface area contributed by atoms with Crippen molar-refractivity contribution in [2.75, 3.05) is 0 Å². The molecule has 2 rings (SSSR count). The van der Waals surface area contributed by atoms with Crippen LogP contribution in [0.5, 0.6) is 0 Å². The normalized spacial score (nSPS) is 10.2. The summed E-state index contributed by atoms with van der Waals surface area (Å²) in [5.41, 5.74) is 1.26. The molecular weight excluding hydrogens is 283 g/mol. The standard InChI is InChI=1S/C17H17FN2O2/c18-14-9-7-13(8-10-14)16(21)5-3-6-17(22)20-12-15-4-1-2-11-19-15/h1-2,4,7-11H,3,5-6,12H2,(H,20,22). The Kier molecular flexibility index (Phi) is 5.77. The van der Waals surface area contributed by atoms with Crippen LogP contribution in [-0.2, 0) is 11.3 Å². The average molecular weight is 300 g/mol. The van der Waals surface area contributed by atoms with E-state index >= 15 is 0 Å². The lowest BCUT2D eigenvalue weighted by atomic mass is 10.1. The molecule has 0 bridgehead atoms. The van der Waals surface area contributed by atoms with E-state index in [-0.39, 0.29) is 30.3 Å². The largest absolute Gasteiger partial charge is 0.350 e. The highest BCUT2D eigenvalue weighted by Gasteiger charge is 2.08. The fourth-order valence-corrected chi connectivity index (χ4v) is 1.97. The molecule has 1 heterocycles. The zero-order chi connectivity index (χ0) is 15.8. The minimum atomic E-state index is -0.370. The summed E-state index contributed by atoms with van der Waals surface area (Å²) in [6, 6.07) is 10.9. The molecule has 0 atom stereocenters. The summed E-state index contributed by atoms with van der Waals surface area (Å²) >= 11 is 0. The fourth-order valence-electron chi connectivity index (χ4n) is 1.97. The second-order valence-electron chi connectivity index (χ2n) is 4.88. The first-order chi connectivity index (χ1) is 10.6. The minimum absolute atomic E-state index is 0.0856. The van der Waals surface area contributed by atoms with Gasteiger partial charge in [0.25, 0.3) is 0 Å². The van der Waals surface area contributed by atoms with Crippen molar-refractivity contribution >= 4 is 11.7 Å². The first-order valence-corrected chi connectivity index (χ1v) is 7.10. The summed E-state index contributed by atoms with van der Waals surface area (Å²) in [6.45, 7) is 0.381. The van der Waals surface area contributed by atoms with Gasteiger partial charge in [0.15, 0.2) is 5.78 Å². The number of Topliss-reactive ketones (excluding diaryl/α,β-unsaturated/α-hetero) is 1. The number of halogens is 1. The number of carbonyl (C=O) groups excluding carboxylic acids is 2. The van der Waals surface area contributed by atoms with Gasteiger partial charge < -0.3 is 5.32 Å². The number of nitrogens with zero attached hydrogens (tertiary/aromatic N) is 1. The van der Waals surface area contributed by atoms with Crippen molar-refractivity contribution in [2.45, 2.75) is 25.8 Å². The van der Waals surface area contributed by atoms with Crippen LogP contribution in [0.2, 0.25) is 0 Å². The van der Waals surface area contributed by atoms with Crippen LogP contribution in [0.4, 0.5) is 4.39 Å².